The third kappa shape index (κ3) is 5.94. The minimum Gasteiger partial charge on any atom is -0.469 e. The van der Waals surface area contributed by atoms with Crippen molar-refractivity contribution in [2.45, 2.75) is 51.8 Å². The van der Waals surface area contributed by atoms with Gasteiger partial charge >= 0.3 is 18.1 Å². The first kappa shape index (κ1) is 17.7. The Morgan fingerprint density at radius 1 is 1.16 bits per heavy atom. The van der Waals surface area contributed by atoms with E-state index in [0.717, 1.165) is 21.0 Å². The zero-order valence-corrected chi connectivity index (χ0v) is 11.5. The lowest BCUT2D eigenvalue weighted by atomic mass is 9.87. The Labute approximate surface area is 110 Å². The number of hydrogen-bond donors (Lipinski definition) is 0. The summed E-state index contributed by atoms with van der Waals surface area (Å²) in [6.45, 7) is 3.99. The molecule has 7 heteroatoms. The largest absolute Gasteiger partial charge is 0.469 e. The highest BCUT2D eigenvalue weighted by atomic mass is 19.4. The predicted octanol–water partition coefficient (Wildman–Crippen LogP) is 2.85. The summed E-state index contributed by atoms with van der Waals surface area (Å²) in [5, 5.41) is 0. The molecule has 4 nitrogen and oxygen atoms in total. The number of hydrogen-bond acceptors (Lipinski definition) is 4. The number of carbonyl (C=O) groups is 2. The molecule has 0 heterocycles. The molecule has 0 bridgehead atoms. The number of halogens is 3. The van der Waals surface area contributed by atoms with Crippen molar-refractivity contribution < 1.29 is 32.2 Å². The van der Waals surface area contributed by atoms with Crippen LogP contribution in [0.2, 0.25) is 0 Å². The fourth-order valence-electron chi connectivity index (χ4n) is 1.63. The van der Waals surface area contributed by atoms with Crippen molar-refractivity contribution in [3.8, 4) is 0 Å². The van der Waals surface area contributed by atoms with Gasteiger partial charge in [0.2, 0.25) is 0 Å². The van der Waals surface area contributed by atoms with Crippen LogP contribution in [0.15, 0.2) is 0 Å². The molecule has 0 saturated carbocycles. The first-order valence-corrected chi connectivity index (χ1v) is 5.90. The summed E-state index contributed by atoms with van der Waals surface area (Å²) in [6.07, 6.45) is -5.04. The van der Waals surface area contributed by atoms with Crippen LogP contribution in [0.1, 0.15) is 40.0 Å². The molecule has 0 aliphatic heterocycles. The van der Waals surface area contributed by atoms with E-state index in [1.54, 1.807) is 6.92 Å². The van der Waals surface area contributed by atoms with Crippen molar-refractivity contribution in [1.82, 2.24) is 0 Å². The molecule has 0 fully saturated rings. The molecule has 0 radical (unpaired) electrons. The minimum atomic E-state index is -4.66. The second-order valence-corrected chi connectivity index (χ2v) is 4.70. The first-order valence-electron chi connectivity index (χ1n) is 5.90. The highest BCUT2D eigenvalue weighted by Gasteiger charge is 2.52. The molecule has 0 aromatic heterocycles. The van der Waals surface area contributed by atoms with E-state index in [9.17, 15) is 22.8 Å². The first-order chi connectivity index (χ1) is 8.54. The molecule has 0 amide bonds. The van der Waals surface area contributed by atoms with Crippen LogP contribution in [-0.4, -0.2) is 30.8 Å². The summed E-state index contributed by atoms with van der Waals surface area (Å²) in [7, 11) is 1.01. The summed E-state index contributed by atoms with van der Waals surface area (Å²) in [5.74, 6) is -3.82. The molecular weight excluding hydrogens is 265 g/mol. The molecule has 1 unspecified atom stereocenters. The smallest absolute Gasteiger partial charge is 0.396 e. The van der Waals surface area contributed by atoms with Gasteiger partial charge in [-0.1, -0.05) is 6.92 Å². The number of alkyl halides is 3. The van der Waals surface area contributed by atoms with Crippen molar-refractivity contribution in [2.24, 2.45) is 5.92 Å². The Morgan fingerprint density at radius 3 is 2.05 bits per heavy atom. The van der Waals surface area contributed by atoms with Gasteiger partial charge in [-0.2, -0.15) is 13.2 Å². The summed E-state index contributed by atoms with van der Waals surface area (Å²) in [5.41, 5.74) is -1.82. The van der Waals surface area contributed by atoms with Crippen LogP contribution in [0.4, 0.5) is 13.2 Å². The van der Waals surface area contributed by atoms with Gasteiger partial charge in [-0.25, -0.2) is 0 Å². The topological polar surface area (TPSA) is 52.6 Å². The van der Waals surface area contributed by atoms with Gasteiger partial charge in [0, 0.05) is 6.42 Å². The Morgan fingerprint density at radius 2 is 1.68 bits per heavy atom. The second-order valence-electron chi connectivity index (χ2n) is 4.70. The van der Waals surface area contributed by atoms with Crippen molar-refractivity contribution in [1.29, 1.82) is 0 Å². The van der Waals surface area contributed by atoms with Crippen molar-refractivity contribution in [3.05, 3.63) is 0 Å². The maximum Gasteiger partial charge on any atom is 0.396 e. The minimum absolute atomic E-state index is 0.0340. The van der Waals surface area contributed by atoms with Gasteiger partial charge in [0.25, 0.3) is 0 Å². The number of esters is 2. The molecule has 0 saturated heterocycles. The van der Waals surface area contributed by atoms with Crippen LogP contribution >= 0.6 is 0 Å². The SMILES string of the molecule is CCCC(=O)OC(C)(C)C(CC(=O)OC)C(F)(F)F. The Balaban J connectivity index is 5.01. The summed E-state index contributed by atoms with van der Waals surface area (Å²) < 4.78 is 47.9. The van der Waals surface area contributed by atoms with E-state index >= 15 is 0 Å². The Hall–Kier alpha value is -1.27. The van der Waals surface area contributed by atoms with Gasteiger partial charge in [0.05, 0.1) is 13.5 Å². The third-order valence-corrected chi connectivity index (χ3v) is 2.66. The van der Waals surface area contributed by atoms with Crippen LogP contribution in [-0.2, 0) is 19.1 Å². The Kier molecular flexibility index (Phi) is 6.32. The number of methoxy groups -OCH3 is 1. The highest BCUT2D eigenvalue weighted by molar-refractivity contribution is 5.71. The van der Waals surface area contributed by atoms with E-state index in [4.69, 9.17) is 4.74 Å². The number of carbonyl (C=O) groups excluding carboxylic acids is 2. The van der Waals surface area contributed by atoms with Crippen LogP contribution < -0.4 is 0 Å². The summed E-state index contributed by atoms with van der Waals surface area (Å²) >= 11 is 0. The molecule has 0 aliphatic carbocycles. The van der Waals surface area contributed by atoms with Crippen molar-refractivity contribution >= 4 is 11.9 Å². The van der Waals surface area contributed by atoms with E-state index in [1.807, 2.05) is 0 Å². The van der Waals surface area contributed by atoms with Gasteiger partial charge in [-0.15, -0.1) is 0 Å². The molecule has 0 rings (SSSR count). The third-order valence-electron chi connectivity index (χ3n) is 2.66. The number of rotatable bonds is 6. The molecule has 19 heavy (non-hydrogen) atoms. The fraction of sp³-hybridized carbons (Fsp3) is 0.833. The van der Waals surface area contributed by atoms with Crippen LogP contribution in [0.5, 0.6) is 0 Å². The average molecular weight is 284 g/mol. The van der Waals surface area contributed by atoms with E-state index in [0.29, 0.717) is 6.42 Å². The zero-order chi connectivity index (χ0) is 15.3. The quantitative estimate of drug-likeness (QED) is 0.704. The molecule has 1 atom stereocenters. The van der Waals surface area contributed by atoms with E-state index in [1.165, 1.54) is 0 Å². The molecule has 0 spiro atoms. The average Bonchev–Trinajstić information content (AvgIpc) is 2.23. The number of ether oxygens (including phenoxy) is 2. The lowest BCUT2D eigenvalue weighted by Gasteiger charge is -2.34. The normalized spacial score (nSPS) is 13.8. The maximum absolute atomic E-state index is 12.9. The van der Waals surface area contributed by atoms with Gasteiger partial charge in [-0.3, -0.25) is 9.59 Å². The standard InChI is InChI=1S/C12H19F3O4/c1-5-6-9(16)19-11(2,3)8(12(13,14)15)7-10(17)18-4/h8H,5-7H2,1-4H3. The zero-order valence-electron chi connectivity index (χ0n) is 11.5. The van der Waals surface area contributed by atoms with Crippen LogP contribution in [0.3, 0.4) is 0 Å². The van der Waals surface area contributed by atoms with E-state index in [-0.39, 0.29) is 6.42 Å². The van der Waals surface area contributed by atoms with Gasteiger partial charge in [0.15, 0.2) is 0 Å². The maximum atomic E-state index is 12.9. The van der Waals surface area contributed by atoms with E-state index < -0.39 is 36.1 Å². The van der Waals surface area contributed by atoms with Crippen LogP contribution in [0, 0.1) is 5.92 Å². The van der Waals surface area contributed by atoms with Crippen molar-refractivity contribution in [3.63, 3.8) is 0 Å². The fourth-order valence-corrected chi connectivity index (χ4v) is 1.63. The molecule has 0 N–H and O–H groups in total. The Bertz CT molecular complexity index is 323. The molecule has 0 aromatic carbocycles. The summed E-state index contributed by atoms with van der Waals surface area (Å²) in [4.78, 5) is 22.4. The lowest BCUT2D eigenvalue weighted by molar-refractivity contribution is -0.232. The van der Waals surface area contributed by atoms with Gasteiger partial charge in [0.1, 0.15) is 11.5 Å². The monoisotopic (exact) mass is 284 g/mol. The second kappa shape index (κ2) is 6.77. The molecule has 112 valence electrons. The molecule has 0 aliphatic rings. The van der Waals surface area contributed by atoms with Crippen molar-refractivity contribution in [2.75, 3.05) is 7.11 Å². The molecule has 0 aromatic rings. The molecular formula is C12H19F3O4. The van der Waals surface area contributed by atoms with Crippen LogP contribution in [0.25, 0.3) is 0 Å². The highest BCUT2D eigenvalue weighted by Crippen LogP contribution is 2.39. The lowest BCUT2D eigenvalue weighted by Crippen LogP contribution is -2.46. The summed E-state index contributed by atoms with van der Waals surface area (Å²) in [6, 6.07) is 0. The predicted molar refractivity (Wildman–Crippen MR) is 61.3 cm³/mol. The van der Waals surface area contributed by atoms with Gasteiger partial charge in [-0.05, 0) is 20.3 Å². The van der Waals surface area contributed by atoms with Gasteiger partial charge < -0.3 is 9.47 Å². The van der Waals surface area contributed by atoms with E-state index in [2.05, 4.69) is 4.74 Å².